The Morgan fingerprint density at radius 1 is 1.30 bits per heavy atom. The van der Waals surface area contributed by atoms with Gasteiger partial charge in [-0.1, -0.05) is 0 Å². The molecule has 0 bridgehead atoms. The number of anilines is 1. The first-order valence-corrected chi connectivity index (χ1v) is 7.53. The van der Waals surface area contributed by atoms with Crippen LogP contribution in [-0.2, 0) is 13.1 Å². The lowest BCUT2D eigenvalue weighted by atomic mass is 10.1. The number of hydrogen-bond donors (Lipinski definition) is 1. The van der Waals surface area contributed by atoms with Gasteiger partial charge in [0.05, 0.1) is 22.9 Å². The van der Waals surface area contributed by atoms with Gasteiger partial charge in [0, 0.05) is 24.5 Å². The van der Waals surface area contributed by atoms with Crippen LogP contribution >= 0.6 is 11.3 Å². The van der Waals surface area contributed by atoms with E-state index in [9.17, 15) is 0 Å². The van der Waals surface area contributed by atoms with Gasteiger partial charge in [0.15, 0.2) is 0 Å². The van der Waals surface area contributed by atoms with Crippen molar-refractivity contribution in [3.63, 3.8) is 0 Å². The van der Waals surface area contributed by atoms with E-state index in [1.807, 2.05) is 18.9 Å². The summed E-state index contributed by atoms with van der Waals surface area (Å²) in [6.07, 6.45) is 1.71. The molecule has 0 aliphatic carbocycles. The summed E-state index contributed by atoms with van der Waals surface area (Å²) in [6, 6.07) is 0.626. The SMILES string of the molecule is Cc1nc(CN(C)c2nc(CNC(C)(C)C)co2)cs1. The van der Waals surface area contributed by atoms with Crippen LogP contribution in [-0.4, -0.2) is 22.6 Å². The topological polar surface area (TPSA) is 54.2 Å². The minimum atomic E-state index is 0.0726. The highest BCUT2D eigenvalue weighted by Crippen LogP contribution is 2.16. The summed E-state index contributed by atoms with van der Waals surface area (Å²) in [6.45, 7) is 9.81. The first-order chi connectivity index (χ1) is 9.33. The molecule has 6 heteroatoms. The molecule has 20 heavy (non-hydrogen) atoms. The molecule has 5 nitrogen and oxygen atoms in total. The van der Waals surface area contributed by atoms with Gasteiger partial charge in [-0.2, -0.15) is 4.98 Å². The predicted molar refractivity (Wildman–Crippen MR) is 82.1 cm³/mol. The third-order valence-corrected chi connectivity index (χ3v) is 3.55. The van der Waals surface area contributed by atoms with Crippen LogP contribution in [0, 0.1) is 6.92 Å². The van der Waals surface area contributed by atoms with Crippen LogP contribution in [0.15, 0.2) is 16.1 Å². The molecule has 0 saturated carbocycles. The van der Waals surface area contributed by atoms with Gasteiger partial charge in [0.25, 0.3) is 6.01 Å². The van der Waals surface area contributed by atoms with Crippen molar-refractivity contribution in [2.75, 3.05) is 11.9 Å². The minimum absolute atomic E-state index is 0.0726. The molecule has 0 saturated heterocycles. The maximum atomic E-state index is 5.52. The van der Waals surface area contributed by atoms with Crippen molar-refractivity contribution in [1.29, 1.82) is 0 Å². The minimum Gasteiger partial charge on any atom is -0.432 e. The molecule has 0 aliphatic rings. The van der Waals surface area contributed by atoms with Crippen LogP contribution in [0.4, 0.5) is 6.01 Å². The average Bonchev–Trinajstić information content (AvgIpc) is 2.95. The molecule has 2 aromatic rings. The van der Waals surface area contributed by atoms with Crippen LogP contribution in [0.5, 0.6) is 0 Å². The summed E-state index contributed by atoms with van der Waals surface area (Å²) < 4.78 is 5.52. The zero-order valence-corrected chi connectivity index (χ0v) is 13.5. The Hall–Kier alpha value is -1.40. The van der Waals surface area contributed by atoms with Gasteiger partial charge in [0.1, 0.15) is 6.26 Å². The molecule has 0 atom stereocenters. The van der Waals surface area contributed by atoms with E-state index in [4.69, 9.17) is 4.42 Å². The highest BCUT2D eigenvalue weighted by atomic mass is 32.1. The van der Waals surface area contributed by atoms with Gasteiger partial charge in [0.2, 0.25) is 0 Å². The molecule has 0 unspecified atom stereocenters. The first-order valence-electron chi connectivity index (χ1n) is 6.65. The maximum Gasteiger partial charge on any atom is 0.297 e. The molecule has 2 rings (SSSR count). The largest absolute Gasteiger partial charge is 0.432 e. The number of oxazole rings is 1. The Kier molecular flexibility index (Phi) is 4.45. The van der Waals surface area contributed by atoms with Crippen molar-refractivity contribution < 1.29 is 4.42 Å². The van der Waals surface area contributed by atoms with E-state index in [1.54, 1.807) is 17.6 Å². The van der Waals surface area contributed by atoms with E-state index in [0.717, 1.165) is 16.4 Å². The highest BCUT2D eigenvalue weighted by molar-refractivity contribution is 7.09. The fraction of sp³-hybridized carbons (Fsp3) is 0.571. The van der Waals surface area contributed by atoms with Crippen LogP contribution in [0.2, 0.25) is 0 Å². The second-order valence-corrected chi connectivity index (χ2v) is 7.00. The lowest BCUT2D eigenvalue weighted by Gasteiger charge is -2.19. The summed E-state index contributed by atoms with van der Waals surface area (Å²) >= 11 is 1.66. The van der Waals surface area contributed by atoms with Crippen LogP contribution in [0.3, 0.4) is 0 Å². The molecular weight excluding hydrogens is 272 g/mol. The number of aryl methyl sites for hydroxylation is 1. The third kappa shape index (κ3) is 4.31. The smallest absolute Gasteiger partial charge is 0.297 e. The van der Waals surface area contributed by atoms with Crippen LogP contribution < -0.4 is 10.2 Å². The van der Waals surface area contributed by atoms with Crippen molar-refractivity contribution in [2.45, 2.75) is 46.3 Å². The number of nitrogens with zero attached hydrogens (tertiary/aromatic N) is 3. The maximum absolute atomic E-state index is 5.52. The number of hydrogen-bond acceptors (Lipinski definition) is 6. The van der Waals surface area contributed by atoms with Crippen LogP contribution in [0.1, 0.15) is 37.2 Å². The summed E-state index contributed by atoms with van der Waals surface area (Å²) in [4.78, 5) is 10.9. The molecule has 0 amide bonds. The van der Waals surface area contributed by atoms with Crippen molar-refractivity contribution >= 4 is 17.4 Å². The monoisotopic (exact) mass is 294 g/mol. The third-order valence-electron chi connectivity index (χ3n) is 2.73. The first kappa shape index (κ1) is 15.0. The normalized spacial score (nSPS) is 11.8. The quantitative estimate of drug-likeness (QED) is 0.919. The van der Waals surface area contributed by atoms with Crippen molar-refractivity contribution in [3.8, 4) is 0 Å². The van der Waals surface area contributed by atoms with Crippen molar-refractivity contribution in [3.05, 3.63) is 28.0 Å². The zero-order valence-electron chi connectivity index (χ0n) is 12.7. The van der Waals surface area contributed by atoms with Gasteiger partial charge in [-0.05, 0) is 27.7 Å². The number of thiazole rings is 1. The summed E-state index contributed by atoms with van der Waals surface area (Å²) in [7, 11) is 1.96. The molecule has 2 heterocycles. The van der Waals surface area contributed by atoms with Crippen LogP contribution in [0.25, 0.3) is 0 Å². The fourth-order valence-electron chi connectivity index (χ4n) is 1.70. The van der Waals surface area contributed by atoms with Gasteiger partial charge >= 0.3 is 0 Å². The Morgan fingerprint density at radius 2 is 2.05 bits per heavy atom. The molecule has 110 valence electrons. The number of rotatable bonds is 5. The van der Waals surface area contributed by atoms with Gasteiger partial charge < -0.3 is 14.6 Å². The van der Waals surface area contributed by atoms with E-state index in [2.05, 4.69) is 41.4 Å². The second-order valence-electron chi connectivity index (χ2n) is 5.94. The molecule has 0 radical (unpaired) electrons. The number of aromatic nitrogens is 2. The molecule has 0 fully saturated rings. The number of nitrogens with one attached hydrogen (secondary N) is 1. The Morgan fingerprint density at radius 3 is 2.65 bits per heavy atom. The van der Waals surface area contributed by atoms with E-state index in [1.165, 1.54) is 0 Å². The molecule has 1 N–H and O–H groups in total. The Bertz CT molecular complexity index is 556. The molecule has 2 aromatic heterocycles. The molecule has 0 aromatic carbocycles. The van der Waals surface area contributed by atoms with Gasteiger partial charge in [-0.15, -0.1) is 11.3 Å². The Labute approximate surface area is 124 Å². The lowest BCUT2D eigenvalue weighted by Crippen LogP contribution is -2.35. The standard InChI is InChI=1S/C14H22N4OS/c1-10-16-12(9-20-10)7-18(5)13-17-11(8-19-13)6-15-14(2,3)4/h8-9,15H,6-7H2,1-5H3. The Balaban J connectivity index is 1.94. The molecule has 0 aliphatic heterocycles. The van der Waals surface area contributed by atoms with E-state index in [0.29, 0.717) is 19.1 Å². The average molecular weight is 294 g/mol. The van der Waals surface area contributed by atoms with E-state index in [-0.39, 0.29) is 5.54 Å². The van der Waals surface area contributed by atoms with Gasteiger partial charge in [-0.3, -0.25) is 0 Å². The highest BCUT2D eigenvalue weighted by Gasteiger charge is 2.13. The fourth-order valence-corrected chi connectivity index (χ4v) is 2.30. The molecule has 0 spiro atoms. The molecular formula is C14H22N4OS. The van der Waals surface area contributed by atoms with Crippen molar-refractivity contribution in [2.24, 2.45) is 0 Å². The van der Waals surface area contributed by atoms with E-state index >= 15 is 0 Å². The van der Waals surface area contributed by atoms with E-state index < -0.39 is 0 Å². The summed E-state index contributed by atoms with van der Waals surface area (Å²) in [5.74, 6) is 0. The lowest BCUT2D eigenvalue weighted by molar-refractivity contribution is 0.421. The predicted octanol–water partition coefficient (Wildman–Crippen LogP) is 2.96. The zero-order chi connectivity index (χ0) is 14.8. The summed E-state index contributed by atoms with van der Waals surface area (Å²) in [5.41, 5.74) is 2.03. The van der Waals surface area contributed by atoms with Crippen molar-refractivity contribution in [1.82, 2.24) is 15.3 Å². The van der Waals surface area contributed by atoms with Gasteiger partial charge in [-0.25, -0.2) is 4.98 Å². The summed E-state index contributed by atoms with van der Waals surface area (Å²) in [5, 5.41) is 6.54. The second kappa shape index (κ2) is 5.93.